The lowest BCUT2D eigenvalue weighted by molar-refractivity contribution is -0.894. The van der Waals surface area contributed by atoms with Crippen molar-refractivity contribution in [3.05, 3.63) is 52.4 Å². The van der Waals surface area contributed by atoms with Crippen molar-refractivity contribution in [1.29, 1.82) is 0 Å². The number of benzene rings is 1. The van der Waals surface area contributed by atoms with E-state index in [4.69, 9.17) is 0 Å². The van der Waals surface area contributed by atoms with Gasteiger partial charge in [0.2, 0.25) is 0 Å². The first kappa shape index (κ1) is 16.3. The summed E-state index contributed by atoms with van der Waals surface area (Å²) in [5, 5.41) is 34.7. The molecule has 3 atom stereocenters. The van der Waals surface area contributed by atoms with Crippen molar-refractivity contribution in [1.82, 2.24) is 4.98 Å². The van der Waals surface area contributed by atoms with Crippen LogP contribution in [-0.2, 0) is 16.8 Å². The van der Waals surface area contributed by atoms with Gasteiger partial charge in [-0.3, -0.25) is 4.79 Å². The lowest BCUT2D eigenvalue weighted by Crippen LogP contribution is -2.58. The van der Waals surface area contributed by atoms with Crippen molar-refractivity contribution in [2.24, 2.45) is 5.92 Å². The third kappa shape index (κ3) is 2.11. The summed E-state index contributed by atoms with van der Waals surface area (Å²) in [6.45, 7) is 2.22. The van der Waals surface area contributed by atoms with Gasteiger partial charge in [0, 0.05) is 34.5 Å². The van der Waals surface area contributed by atoms with Gasteiger partial charge in [0.05, 0.1) is 13.2 Å². The molecule has 3 aliphatic heterocycles. The van der Waals surface area contributed by atoms with Crippen molar-refractivity contribution in [3.8, 4) is 0 Å². The monoisotopic (exact) mass is 342 g/mol. The summed E-state index contributed by atoms with van der Waals surface area (Å²) in [7, 11) is 0. The highest BCUT2D eigenvalue weighted by molar-refractivity contribution is 5.90. The number of carboxylic acids is 1. The maximum Gasteiger partial charge on any atom is 0.318 e. The quantitative estimate of drug-likeness (QED) is 0.443. The Kier molecular flexibility index (Phi) is 3.54. The summed E-state index contributed by atoms with van der Waals surface area (Å²) >= 11 is 0. The highest BCUT2D eigenvalue weighted by Gasteiger charge is 2.55. The van der Waals surface area contributed by atoms with E-state index >= 15 is 0 Å². The van der Waals surface area contributed by atoms with Gasteiger partial charge >= 0.3 is 5.97 Å². The molecule has 25 heavy (non-hydrogen) atoms. The minimum atomic E-state index is -1.44. The molecule has 132 valence electrons. The molecule has 0 amide bonds. The average Bonchev–Trinajstić information content (AvgIpc) is 2.93. The van der Waals surface area contributed by atoms with Gasteiger partial charge in [-0.15, -0.1) is 0 Å². The van der Waals surface area contributed by atoms with Gasteiger partial charge in [-0.1, -0.05) is 24.3 Å². The van der Waals surface area contributed by atoms with Crippen molar-refractivity contribution in [2.75, 3.05) is 19.7 Å². The first-order valence-electron chi connectivity index (χ1n) is 8.61. The van der Waals surface area contributed by atoms with Crippen LogP contribution in [0, 0.1) is 11.1 Å². The molecule has 3 aliphatic rings. The number of piperidine rings is 1. The number of aliphatic hydroxyl groups is 1. The van der Waals surface area contributed by atoms with E-state index < -0.39 is 18.0 Å². The molecule has 0 spiro atoms. The average molecular weight is 342 g/mol. The van der Waals surface area contributed by atoms with E-state index in [1.807, 2.05) is 37.3 Å². The van der Waals surface area contributed by atoms with Crippen LogP contribution in [0.15, 0.2) is 35.9 Å². The maximum atomic E-state index is 13.3. The first-order valence-corrected chi connectivity index (χ1v) is 8.61. The zero-order valence-electron chi connectivity index (χ0n) is 14.2. The summed E-state index contributed by atoms with van der Waals surface area (Å²) in [4.78, 5) is 15.7. The number of rotatable bonds is 2. The number of H-pyrrole nitrogens is 1. The Morgan fingerprint density at radius 2 is 2.20 bits per heavy atom. The van der Waals surface area contributed by atoms with Crippen molar-refractivity contribution in [2.45, 2.75) is 25.3 Å². The second-order valence-corrected chi connectivity index (χ2v) is 7.26. The predicted molar refractivity (Wildman–Crippen MR) is 93.6 cm³/mol. The Bertz CT molecular complexity index is 887. The van der Waals surface area contributed by atoms with Crippen LogP contribution < -0.4 is 0 Å². The number of aliphatic hydroxyl groups excluding tert-OH is 1. The Labute approximate surface area is 145 Å². The molecule has 6 nitrogen and oxygen atoms in total. The molecule has 2 bridgehead atoms. The molecule has 0 saturated carbocycles. The molecule has 6 heteroatoms. The molecule has 1 saturated heterocycles. The minimum absolute atomic E-state index is 0.221. The number of aliphatic carboxylic acids is 1. The van der Waals surface area contributed by atoms with E-state index in [1.54, 1.807) is 0 Å². The number of nitrogens with zero attached hydrogens (tertiary/aromatic N) is 1. The summed E-state index contributed by atoms with van der Waals surface area (Å²) < 4.78 is -0.369. The van der Waals surface area contributed by atoms with Crippen molar-refractivity contribution < 1.29 is 19.7 Å². The molecule has 1 aromatic carbocycles. The molecular weight excluding hydrogens is 320 g/mol. The van der Waals surface area contributed by atoms with Crippen LogP contribution in [0.5, 0.6) is 0 Å². The molecule has 3 N–H and O–H groups in total. The van der Waals surface area contributed by atoms with Gasteiger partial charge in [0.25, 0.3) is 0 Å². The van der Waals surface area contributed by atoms with Crippen LogP contribution in [0.3, 0.4) is 0 Å². The van der Waals surface area contributed by atoms with Gasteiger partial charge in [0.1, 0.15) is 18.5 Å². The number of quaternary nitrogens is 1. The molecule has 1 unspecified atom stereocenters. The number of allylic oxidation sites excluding steroid dienone is 1. The summed E-state index contributed by atoms with van der Waals surface area (Å²) in [5.74, 6) is -1.42. The van der Waals surface area contributed by atoms with Crippen LogP contribution in [0.25, 0.3) is 10.9 Å². The van der Waals surface area contributed by atoms with Gasteiger partial charge in [-0.25, -0.2) is 0 Å². The van der Waals surface area contributed by atoms with Crippen LogP contribution in [-0.4, -0.2) is 45.5 Å². The second kappa shape index (κ2) is 5.42. The Morgan fingerprint density at radius 1 is 1.44 bits per heavy atom. The number of nitrogens with one attached hydrogen (secondary N) is 1. The van der Waals surface area contributed by atoms with E-state index in [9.17, 15) is 20.2 Å². The highest BCUT2D eigenvalue weighted by atomic mass is 16.5. The highest BCUT2D eigenvalue weighted by Crippen LogP contribution is 2.48. The number of aromatic nitrogens is 1. The normalized spacial score (nSPS) is 33.2. The second-order valence-electron chi connectivity index (χ2n) is 7.26. The number of carbonyl (C=O) groups is 1. The fourth-order valence-electron chi connectivity index (χ4n) is 4.78. The lowest BCUT2D eigenvalue weighted by Gasteiger charge is -2.53. The zero-order chi connectivity index (χ0) is 17.8. The van der Waals surface area contributed by atoms with E-state index in [0.717, 1.165) is 22.0 Å². The number of carboxylic acid groups (broad SMARTS) is 1. The molecule has 1 fully saturated rings. The zero-order valence-corrected chi connectivity index (χ0v) is 14.2. The number of fused-ring (bicyclic) bond motifs is 3. The molecule has 0 radical (unpaired) electrons. The molecular formula is C19H22N2O4. The van der Waals surface area contributed by atoms with Crippen LogP contribution >= 0.6 is 0 Å². The predicted octanol–water partition coefficient (Wildman–Crippen LogP) is 2.28. The van der Waals surface area contributed by atoms with E-state index in [0.29, 0.717) is 18.7 Å². The summed E-state index contributed by atoms with van der Waals surface area (Å²) in [5.41, 5.74) is 1.43. The standard InChI is InChI=1S/C19H22N2O4/c1-2-12-9-21(25)8-7-15(12)19(11-22,18(23)24)17-14(10-21)13-5-3-4-6-16(13)20-17/h2-6,15,20,22H,7-11H2,1H3,(H,23,24)/b12-2-/t15-,19-,21?/m0/s1. The van der Waals surface area contributed by atoms with Crippen LogP contribution in [0.1, 0.15) is 24.6 Å². The van der Waals surface area contributed by atoms with E-state index in [-0.39, 0.29) is 23.7 Å². The molecule has 5 rings (SSSR count). The smallest absolute Gasteiger partial charge is 0.318 e. The first-order chi connectivity index (χ1) is 11.9. The fraction of sp³-hybridized carbons (Fsp3) is 0.421. The third-order valence-electron chi connectivity index (χ3n) is 6.05. The Hall–Kier alpha value is -2.15. The molecule has 0 aliphatic carbocycles. The number of hydroxylamine groups is 3. The van der Waals surface area contributed by atoms with Crippen molar-refractivity contribution in [3.63, 3.8) is 0 Å². The maximum absolute atomic E-state index is 13.3. The Morgan fingerprint density at radius 3 is 2.88 bits per heavy atom. The largest absolute Gasteiger partial charge is 0.632 e. The molecule has 4 heterocycles. The minimum Gasteiger partial charge on any atom is -0.632 e. The lowest BCUT2D eigenvalue weighted by atomic mass is 9.64. The Balaban J connectivity index is 2.10. The van der Waals surface area contributed by atoms with E-state index in [2.05, 4.69) is 4.98 Å². The summed E-state index contributed by atoms with van der Waals surface area (Å²) in [6, 6.07) is 7.55. The summed E-state index contributed by atoms with van der Waals surface area (Å²) in [6.07, 6.45) is 2.32. The SMILES string of the molecule is C/C=C1/C[N+]2([O-])CC[C@@H]1[C@](CO)(C(=O)O)c1[nH]c3ccccc3c1C2. The fourth-order valence-corrected chi connectivity index (χ4v) is 4.78. The topological polar surface area (TPSA) is 96.4 Å². The van der Waals surface area contributed by atoms with Gasteiger partial charge in [0.15, 0.2) is 0 Å². The number of para-hydroxylation sites is 1. The van der Waals surface area contributed by atoms with Gasteiger partial charge in [-0.05, 0) is 18.6 Å². The van der Waals surface area contributed by atoms with Crippen molar-refractivity contribution >= 4 is 16.9 Å². The van der Waals surface area contributed by atoms with Gasteiger partial charge < -0.3 is 25.1 Å². The van der Waals surface area contributed by atoms with Crippen LogP contribution in [0.4, 0.5) is 0 Å². The molecule has 2 aromatic rings. The number of hydrogen-bond donors (Lipinski definition) is 3. The van der Waals surface area contributed by atoms with Gasteiger partial charge in [-0.2, -0.15) is 0 Å². The van der Waals surface area contributed by atoms with Crippen LogP contribution in [0.2, 0.25) is 0 Å². The number of hydrogen-bond acceptors (Lipinski definition) is 3. The third-order valence-corrected chi connectivity index (χ3v) is 6.05. The van der Waals surface area contributed by atoms with E-state index in [1.165, 1.54) is 0 Å². The number of aromatic amines is 1. The molecule has 1 aromatic heterocycles.